The first kappa shape index (κ1) is 13.3. The van der Waals surface area contributed by atoms with Gasteiger partial charge in [-0.25, -0.2) is 0 Å². The fourth-order valence-electron chi connectivity index (χ4n) is 3.01. The number of rotatable bonds is 5. The van der Waals surface area contributed by atoms with Gasteiger partial charge < -0.3 is 10.1 Å². The van der Waals surface area contributed by atoms with E-state index in [9.17, 15) is 0 Å². The summed E-state index contributed by atoms with van der Waals surface area (Å²) in [7, 11) is 3.75. The van der Waals surface area contributed by atoms with Crippen molar-refractivity contribution in [3.05, 3.63) is 24.0 Å². The lowest BCUT2D eigenvalue weighted by Gasteiger charge is -2.27. The lowest BCUT2D eigenvalue weighted by Crippen LogP contribution is -2.21. The van der Waals surface area contributed by atoms with Crippen molar-refractivity contribution >= 4 is 0 Å². The van der Waals surface area contributed by atoms with E-state index in [2.05, 4.69) is 16.4 Å². The molecular weight excluding hydrogens is 224 g/mol. The molecule has 1 heterocycles. The van der Waals surface area contributed by atoms with Crippen molar-refractivity contribution in [3.63, 3.8) is 0 Å². The van der Waals surface area contributed by atoms with E-state index in [4.69, 9.17) is 4.74 Å². The van der Waals surface area contributed by atoms with Gasteiger partial charge in [0.1, 0.15) is 5.75 Å². The van der Waals surface area contributed by atoms with Crippen molar-refractivity contribution in [2.75, 3.05) is 14.2 Å². The van der Waals surface area contributed by atoms with Crippen molar-refractivity contribution in [1.82, 2.24) is 10.3 Å². The van der Waals surface area contributed by atoms with E-state index in [1.807, 2.05) is 13.2 Å². The fraction of sp³-hybridized carbons (Fsp3) is 0.667. The van der Waals surface area contributed by atoms with Crippen molar-refractivity contribution in [2.45, 2.75) is 44.6 Å². The third kappa shape index (κ3) is 3.22. The molecule has 0 aliphatic heterocycles. The minimum atomic E-state index is 0.381. The van der Waals surface area contributed by atoms with Crippen LogP contribution in [-0.4, -0.2) is 19.1 Å². The van der Waals surface area contributed by atoms with E-state index in [-0.39, 0.29) is 0 Å². The zero-order valence-electron chi connectivity index (χ0n) is 11.5. The molecule has 0 saturated heterocycles. The molecule has 1 aromatic rings. The lowest BCUT2D eigenvalue weighted by atomic mass is 9.83. The molecule has 3 heteroatoms. The molecule has 1 N–H and O–H groups in total. The zero-order chi connectivity index (χ0) is 12.8. The molecule has 1 aliphatic carbocycles. The van der Waals surface area contributed by atoms with Gasteiger partial charge in [0.25, 0.3) is 0 Å². The van der Waals surface area contributed by atoms with Gasteiger partial charge in [-0.05, 0) is 25.5 Å². The standard InChI is InChI=1S/C15H24N2O/c1-16-14(10-12-6-4-3-5-7-12)13-8-9-17-11-15(13)18-2/h8-9,11-12,14,16H,3-7,10H2,1-2H3. The number of hydrogen-bond acceptors (Lipinski definition) is 3. The van der Waals surface area contributed by atoms with Crippen LogP contribution in [-0.2, 0) is 0 Å². The van der Waals surface area contributed by atoms with Crippen LogP contribution in [0.5, 0.6) is 5.75 Å². The molecule has 1 fully saturated rings. The van der Waals surface area contributed by atoms with Crippen LogP contribution < -0.4 is 10.1 Å². The van der Waals surface area contributed by atoms with Gasteiger partial charge in [-0.3, -0.25) is 4.98 Å². The number of aromatic nitrogens is 1. The monoisotopic (exact) mass is 248 g/mol. The topological polar surface area (TPSA) is 34.2 Å². The quantitative estimate of drug-likeness (QED) is 0.868. The fourth-order valence-corrected chi connectivity index (χ4v) is 3.01. The molecule has 3 nitrogen and oxygen atoms in total. The second kappa shape index (κ2) is 6.74. The van der Waals surface area contributed by atoms with E-state index in [0.29, 0.717) is 6.04 Å². The second-order valence-corrected chi connectivity index (χ2v) is 5.20. The summed E-state index contributed by atoms with van der Waals surface area (Å²) in [5.41, 5.74) is 1.24. The molecule has 0 spiro atoms. The second-order valence-electron chi connectivity index (χ2n) is 5.20. The van der Waals surface area contributed by atoms with Crippen LogP contribution in [0.1, 0.15) is 50.1 Å². The largest absolute Gasteiger partial charge is 0.495 e. The summed E-state index contributed by atoms with van der Waals surface area (Å²) >= 11 is 0. The van der Waals surface area contributed by atoms with Crippen LogP contribution in [0, 0.1) is 5.92 Å². The molecule has 0 amide bonds. The van der Waals surface area contributed by atoms with Crippen LogP contribution in [0.4, 0.5) is 0 Å². The molecule has 1 atom stereocenters. The Hall–Kier alpha value is -1.09. The summed E-state index contributed by atoms with van der Waals surface area (Å²) in [6.07, 6.45) is 11.8. The molecule has 0 bridgehead atoms. The third-order valence-electron chi connectivity index (χ3n) is 4.05. The number of ether oxygens (including phenoxy) is 1. The number of hydrogen-bond donors (Lipinski definition) is 1. The highest BCUT2D eigenvalue weighted by Crippen LogP contribution is 2.34. The first-order chi connectivity index (χ1) is 8.85. The van der Waals surface area contributed by atoms with Crippen LogP contribution in [0.25, 0.3) is 0 Å². The van der Waals surface area contributed by atoms with Gasteiger partial charge in [0.2, 0.25) is 0 Å². The van der Waals surface area contributed by atoms with E-state index >= 15 is 0 Å². The lowest BCUT2D eigenvalue weighted by molar-refractivity contribution is 0.301. The zero-order valence-corrected chi connectivity index (χ0v) is 11.5. The molecule has 2 rings (SSSR count). The normalized spacial score (nSPS) is 18.6. The predicted octanol–water partition coefficient (Wildman–Crippen LogP) is 3.32. The maximum absolute atomic E-state index is 5.41. The van der Waals surface area contributed by atoms with Crippen LogP contribution >= 0.6 is 0 Å². The predicted molar refractivity (Wildman–Crippen MR) is 73.8 cm³/mol. The Bertz CT molecular complexity index is 361. The van der Waals surface area contributed by atoms with Crippen LogP contribution in [0.3, 0.4) is 0 Å². The maximum Gasteiger partial charge on any atom is 0.141 e. The smallest absolute Gasteiger partial charge is 0.141 e. The molecule has 1 saturated carbocycles. The molecule has 1 aliphatic rings. The summed E-state index contributed by atoms with van der Waals surface area (Å²) in [6, 6.07) is 2.45. The number of nitrogens with zero attached hydrogens (tertiary/aromatic N) is 1. The Morgan fingerprint density at radius 1 is 1.39 bits per heavy atom. The highest BCUT2D eigenvalue weighted by Gasteiger charge is 2.21. The molecular formula is C15H24N2O. The van der Waals surface area contributed by atoms with Gasteiger partial charge in [0, 0.05) is 17.8 Å². The average molecular weight is 248 g/mol. The molecule has 100 valence electrons. The molecule has 1 aromatic heterocycles. The van der Waals surface area contributed by atoms with E-state index in [1.165, 1.54) is 44.1 Å². The van der Waals surface area contributed by atoms with E-state index in [0.717, 1.165) is 11.7 Å². The minimum Gasteiger partial charge on any atom is -0.495 e. The van der Waals surface area contributed by atoms with E-state index < -0.39 is 0 Å². The van der Waals surface area contributed by atoms with E-state index in [1.54, 1.807) is 13.3 Å². The van der Waals surface area contributed by atoms with Gasteiger partial charge in [-0.15, -0.1) is 0 Å². The number of nitrogens with one attached hydrogen (secondary N) is 1. The van der Waals surface area contributed by atoms with Crippen molar-refractivity contribution in [2.24, 2.45) is 5.92 Å². The number of pyridine rings is 1. The van der Waals surface area contributed by atoms with Gasteiger partial charge in [0.15, 0.2) is 0 Å². The summed E-state index contributed by atoms with van der Waals surface area (Å²) < 4.78 is 5.41. The Kier molecular flexibility index (Phi) is 5.00. The van der Waals surface area contributed by atoms with Gasteiger partial charge >= 0.3 is 0 Å². The van der Waals surface area contributed by atoms with Crippen molar-refractivity contribution in [1.29, 1.82) is 0 Å². The highest BCUT2D eigenvalue weighted by atomic mass is 16.5. The molecule has 1 unspecified atom stereocenters. The summed E-state index contributed by atoms with van der Waals surface area (Å²) in [5, 5.41) is 3.43. The summed E-state index contributed by atoms with van der Waals surface area (Å²) in [4.78, 5) is 4.13. The van der Waals surface area contributed by atoms with Gasteiger partial charge in [-0.1, -0.05) is 32.1 Å². The Morgan fingerprint density at radius 3 is 2.83 bits per heavy atom. The summed E-state index contributed by atoms with van der Waals surface area (Å²) in [5.74, 6) is 1.75. The Labute approximate surface area is 110 Å². The minimum absolute atomic E-state index is 0.381. The Morgan fingerprint density at radius 2 is 2.17 bits per heavy atom. The Balaban J connectivity index is 2.07. The van der Waals surface area contributed by atoms with Gasteiger partial charge in [-0.2, -0.15) is 0 Å². The van der Waals surface area contributed by atoms with Gasteiger partial charge in [0.05, 0.1) is 13.3 Å². The maximum atomic E-state index is 5.41. The first-order valence-corrected chi connectivity index (χ1v) is 7.00. The third-order valence-corrected chi connectivity index (χ3v) is 4.05. The molecule has 0 aromatic carbocycles. The first-order valence-electron chi connectivity index (χ1n) is 7.00. The SMILES string of the molecule is CNC(CC1CCCCC1)c1ccncc1OC. The van der Waals surface area contributed by atoms with Crippen LogP contribution in [0.2, 0.25) is 0 Å². The van der Waals surface area contributed by atoms with Crippen LogP contribution in [0.15, 0.2) is 18.5 Å². The molecule has 18 heavy (non-hydrogen) atoms. The number of methoxy groups -OCH3 is 1. The summed E-state index contributed by atoms with van der Waals surface area (Å²) in [6.45, 7) is 0. The highest BCUT2D eigenvalue weighted by molar-refractivity contribution is 5.32. The average Bonchev–Trinajstić information content (AvgIpc) is 2.46. The van der Waals surface area contributed by atoms with Crippen molar-refractivity contribution in [3.8, 4) is 5.75 Å². The van der Waals surface area contributed by atoms with Crippen molar-refractivity contribution < 1.29 is 4.74 Å². The molecule has 0 radical (unpaired) electrons.